The van der Waals surface area contributed by atoms with Crippen molar-refractivity contribution < 1.29 is 22.7 Å². The number of hydrogen-bond acceptors (Lipinski definition) is 3. The van der Waals surface area contributed by atoms with E-state index in [4.69, 9.17) is 16.7 Å². The predicted molar refractivity (Wildman–Crippen MR) is 111 cm³/mol. The molecule has 2 aromatic carbocycles. The molecule has 0 aliphatic heterocycles. The molecule has 5 nitrogen and oxygen atoms in total. The quantitative estimate of drug-likeness (QED) is 0.611. The Bertz CT molecular complexity index is 1260. The lowest BCUT2D eigenvalue weighted by Gasteiger charge is -2.17. The minimum absolute atomic E-state index is 0.0545. The van der Waals surface area contributed by atoms with Gasteiger partial charge in [0, 0.05) is 11.9 Å². The Labute approximate surface area is 178 Å². The summed E-state index contributed by atoms with van der Waals surface area (Å²) < 4.78 is 43.4. The number of aromatic nitrogens is 1. The molecule has 1 aromatic heterocycles. The number of aromatic carboxylic acids is 1. The number of fused-ring (bicyclic) bond motifs is 1. The van der Waals surface area contributed by atoms with Gasteiger partial charge in [0.1, 0.15) is 5.82 Å². The maximum atomic E-state index is 14.8. The van der Waals surface area contributed by atoms with E-state index in [0.29, 0.717) is 24.0 Å². The molecule has 1 aliphatic rings. The molecule has 0 spiro atoms. The van der Waals surface area contributed by atoms with Gasteiger partial charge in [-0.2, -0.15) is 0 Å². The van der Waals surface area contributed by atoms with Crippen LogP contribution in [0.15, 0.2) is 52.4 Å². The first kappa shape index (κ1) is 20.6. The topological polar surface area (TPSA) is 76.4 Å². The zero-order chi connectivity index (χ0) is 21.6. The van der Waals surface area contributed by atoms with Gasteiger partial charge in [-0.1, -0.05) is 23.7 Å². The second-order valence-corrected chi connectivity index (χ2v) is 9.62. The van der Waals surface area contributed by atoms with Gasteiger partial charge in [-0.05, 0) is 68.0 Å². The van der Waals surface area contributed by atoms with Crippen molar-refractivity contribution in [2.45, 2.75) is 42.4 Å². The van der Waals surface area contributed by atoms with Crippen molar-refractivity contribution in [2.24, 2.45) is 0 Å². The standard InChI is InChI=1S/C22H19ClFNO4S/c1-13-5-4-7-16(23)21(13)30(28,29)20-12-25(18-8-3-2-6-15(18)20)19-10-9-14(22(26)27)11-17(19)24/h4-5,7,9-12H,2-3,6,8H2,1H3,(H,26,27). The molecule has 156 valence electrons. The van der Waals surface area contributed by atoms with Crippen molar-refractivity contribution in [3.8, 4) is 5.69 Å². The highest BCUT2D eigenvalue weighted by atomic mass is 35.5. The number of aryl methyl sites for hydroxylation is 1. The molecule has 0 fully saturated rings. The van der Waals surface area contributed by atoms with Crippen molar-refractivity contribution in [3.63, 3.8) is 0 Å². The molecule has 0 atom stereocenters. The van der Waals surface area contributed by atoms with Gasteiger partial charge in [0.15, 0.2) is 0 Å². The Morgan fingerprint density at radius 3 is 2.57 bits per heavy atom. The Morgan fingerprint density at radius 1 is 1.17 bits per heavy atom. The Kier molecular flexibility index (Phi) is 5.20. The smallest absolute Gasteiger partial charge is 0.335 e. The molecule has 1 aliphatic carbocycles. The fourth-order valence-electron chi connectivity index (χ4n) is 4.04. The molecule has 0 bridgehead atoms. The van der Waals surface area contributed by atoms with Crippen molar-refractivity contribution in [3.05, 3.63) is 75.8 Å². The number of carboxylic acids is 1. The number of carbonyl (C=O) groups is 1. The summed E-state index contributed by atoms with van der Waals surface area (Å²) in [6, 6.07) is 8.53. The van der Waals surface area contributed by atoms with E-state index < -0.39 is 21.6 Å². The summed E-state index contributed by atoms with van der Waals surface area (Å²) in [6.07, 6.45) is 4.30. The summed E-state index contributed by atoms with van der Waals surface area (Å²) in [7, 11) is -3.93. The van der Waals surface area contributed by atoms with Crippen molar-refractivity contribution in [1.29, 1.82) is 0 Å². The summed E-state index contributed by atoms with van der Waals surface area (Å²) in [5.41, 5.74) is 1.89. The number of sulfone groups is 1. The van der Waals surface area contributed by atoms with Gasteiger partial charge in [0.2, 0.25) is 9.84 Å². The van der Waals surface area contributed by atoms with E-state index in [-0.39, 0.29) is 26.1 Å². The summed E-state index contributed by atoms with van der Waals surface area (Å²) in [5.74, 6) is -1.96. The first-order chi connectivity index (χ1) is 14.2. The first-order valence-corrected chi connectivity index (χ1v) is 11.3. The molecule has 0 amide bonds. The second kappa shape index (κ2) is 7.56. The zero-order valence-corrected chi connectivity index (χ0v) is 17.7. The average Bonchev–Trinajstić information content (AvgIpc) is 3.08. The number of rotatable bonds is 4. The van der Waals surface area contributed by atoms with Gasteiger partial charge >= 0.3 is 5.97 Å². The highest BCUT2D eigenvalue weighted by Gasteiger charge is 2.31. The van der Waals surface area contributed by atoms with Gasteiger partial charge in [-0.3, -0.25) is 0 Å². The van der Waals surface area contributed by atoms with Gasteiger partial charge in [0.25, 0.3) is 0 Å². The SMILES string of the molecule is Cc1cccc(Cl)c1S(=O)(=O)c1cn(-c2ccc(C(=O)O)cc2F)c2c1CCCC2. The van der Waals surface area contributed by atoms with Crippen LogP contribution >= 0.6 is 11.6 Å². The number of hydrogen-bond donors (Lipinski definition) is 1. The van der Waals surface area contributed by atoms with E-state index >= 15 is 0 Å². The summed E-state index contributed by atoms with van der Waals surface area (Å²) in [6.45, 7) is 1.69. The van der Waals surface area contributed by atoms with Crippen molar-refractivity contribution in [1.82, 2.24) is 4.57 Å². The number of halogens is 2. The van der Waals surface area contributed by atoms with Crippen LogP contribution in [-0.2, 0) is 22.7 Å². The van der Waals surface area contributed by atoms with Crippen LogP contribution < -0.4 is 0 Å². The minimum atomic E-state index is -3.93. The Morgan fingerprint density at radius 2 is 1.90 bits per heavy atom. The molecular formula is C22H19ClFNO4S. The highest BCUT2D eigenvalue weighted by molar-refractivity contribution is 7.91. The number of benzene rings is 2. The van der Waals surface area contributed by atoms with Gasteiger partial charge in [-0.15, -0.1) is 0 Å². The maximum absolute atomic E-state index is 14.8. The van der Waals surface area contributed by atoms with E-state index in [1.54, 1.807) is 19.1 Å². The molecular weight excluding hydrogens is 429 g/mol. The molecule has 30 heavy (non-hydrogen) atoms. The maximum Gasteiger partial charge on any atom is 0.335 e. The van der Waals surface area contributed by atoms with Crippen molar-refractivity contribution in [2.75, 3.05) is 0 Å². The number of nitrogens with zero attached hydrogens (tertiary/aromatic N) is 1. The van der Waals surface area contributed by atoms with E-state index in [1.165, 1.54) is 29.0 Å². The summed E-state index contributed by atoms with van der Waals surface area (Å²) >= 11 is 6.24. The lowest BCUT2D eigenvalue weighted by Crippen LogP contribution is -2.10. The molecule has 0 unspecified atom stereocenters. The van der Waals surface area contributed by atoms with Crippen LogP contribution in [-0.4, -0.2) is 24.1 Å². The van der Waals surface area contributed by atoms with Gasteiger partial charge in [0.05, 0.1) is 26.1 Å². The Hall–Kier alpha value is -2.64. The molecule has 1 heterocycles. The van der Waals surface area contributed by atoms with E-state index in [1.807, 2.05) is 0 Å². The average molecular weight is 448 g/mol. The molecule has 4 rings (SSSR count). The highest BCUT2D eigenvalue weighted by Crippen LogP contribution is 2.38. The first-order valence-electron chi connectivity index (χ1n) is 9.48. The normalized spacial score (nSPS) is 13.8. The van der Waals surface area contributed by atoms with Crippen LogP contribution in [0.5, 0.6) is 0 Å². The molecule has 3 aromatic rings. The molecule has 0 radical (unpaired) electrons. The monoisotopic (exact) mass is 447 g/mol. The third-order valence-corrected chi connectivity index (χ3v) is 7.89. The third kappa shape index (κ3) is 3.32. The Balaban J connectivity index is 1.95. The van der Waals surface area contributed by atoms with Crippen LogP contribution in [0.1, 0.15) is 40.0 Å². The number of carboxylic acid groups (broad SMARTS) is 1. The second-order valence-electron chi connectivity index (χ2n) is 7.36. The van der Waals surface area contributed by atoms with Gasteiger partial charge in [-0.25, -0.2) is 17.6 Å². The van der Waals surface area contributed by atoms with Crippen LogP contribution in [0, 0.1) is 12.7 Å². The molecule has 0 saturated heterocycles. The lowest BCUT2D eigenvalue weighted by molar-refractivity contribution is 0.0696. The third-order valence-electron chi connectivity index (χ3n) is 5.45. The molecule has 8 heteroatoms. The fourth-order valence-corrected chi connectivity index (χ4v) is 6.39. The molecule has 0 saturated carbocycles. The van der Waals surface area contributed by atoms with Crippen LogP contribution in [0.2, 0.25) is 5.02 Å². The minimum Gasteiger partial charge on any atom is -0.478 e. The fraction of sp³-hybridized carbons (Fsp3) is 0.227. The van der Waals surface area contributed by atoms with Crippen LogP contribution in [0.3, 0.4) is 0 Å². The van der Waals surface area contributed by atoms with E-state index in [0.717, 1.165) is 24.6 Å². The molecule has 1 N–H and O–H groups in total. The summed E-state index contributed by atoms with van der Waals surface area (Å²) in [5, 5.41) is 9.23. The van der Waals surface area contributed by atoms with E-state index in [9.17, 15) is 17.6 Å². The lowest BCUT2D eigenvalue weighted by atomic mass is 9.98. The predicted octanol–water partition coefficient (Wildman–Crippen LogP) is 4.99. The van der Waals surface area contributed by atoms with Gasteiger partial charge < -0.3 is 9.67 Å². The zero-order valence-electron chi connectivity index (χ0n) is 16.2. The van der Waals surface area contributed by atoms with E-state index in [2.05, 4.69) is 0 Å². The van der Waals surface area contributed by atoms with Crippen molar-refractivity contribution >= 4 is 27.4 Å². The van der Waals surface area contributed by atoms with Crippen LogP contribution in [0.4, 0.5) is 4.39 Å². The summed E-state index contributed by atoms with van der Waals surface area (Å²) in [4.78, 5) is 11.3. The largest absolute Gasteiger partial charge is 0.478 e. The van der Waals surface area contributed by atoms with Crippen LogP contribution in [0.25, 0.3) is 5.69 Å².